The van der Waals surface area contributed by atoms with Crippen molar-refractivity contribution < 1.29 is 4.74 Å². The molecule has 0 bridgehead atoms. The Morgan fingerprint density at radius 2 is 2.00 bits per heavy atom. The third-order valence-electron chi connectivity index (χ3n) is 4.36. The number of hydrogen-bond acceptors (Lipinski definition) is 4. The number of likely N-dealkylation sites (N-methyl/N-ethyl adjacent to an activating group) is 1. The molecule has 124 valence electrons. The van der Waals surface area contributed by atoms with Crippen molar-refractivity contribution in [2.75, 3.05) is 39.9 Å². The Morgan fingerprint density at radius 3 is 2.74 bits per heavy atom. The zero-order valence-corrected chi connectivity index (χ0v) is 14.0. The van der Waals surface area contributed by atoms with Crippen LogP contribution in [0.2, 0.25) is 0 Å². The molecule has 1 atom stereocenters. The molecule has 0 radical (unpaired) electrons. The number of ether oxygens (including phenoxy) is 1. The summed E-state index contributed by atoms with van der Waals surface area (Å²) < 4.78 is 5.43. The molecule has 5 nitrogen and oxygen atoms in total. The summed E-state index contributed by atoms with van der Waals surface area (Å²) in [7, 11) is 2.17. The van der Waals surface area contributed by atoms with Crippen LogP contribution in [-0.2, 0) is 11.3 Å². The van der Waals surface area contributed by atoms with Crippen molar-refractivity contribution >= 4 is 0 Å². The molecule has 0 saturated carbocycles. The average Bonchev–Trinajstić information content (AvgIpc) is 3.04. The van der Waals surface area contributed by atoms with Gasteiger partial charge in [-0.25, -0.2) is 4.98 Å². The number of benzene rings is 1. The number of rotatable bonds is 6. The molecular formula is C18H26N4O. The summed E-state index contributed by atoms with van der Waals surface area (Å²) in [6.45, 7) is 8.01. The highest BCUT2D eigenvalue weighted by atomic mass is 16.5. The second-order valence-corrected chi connectivity index (χ2v) is 6.32. The highest BCUT2D eigenvalue weighted by molar-refractivity contribution is 5.54. The van der Waals surface area contributed by atoms with Crippen LogP contribution in [0.15, 0.2) is 36.5 Å². The van der Waals surface area contributed by atoms with E-state index < -0.39 is 0 Å². The number of nitrogens with zero attached hydrogens (tertiary/aromatic N) is 3. The number of imidazole rings is 1. The molecule has 0 amide bonds. The highest BCUT2D eigenvalue weighted by Crippen LogP contribution is 2.15. The Hall–Kier alpha value is -1.69. The van der Waals surface area contributed by atoms with E-state index in [1.807, 2.05) is 24.4 Å². The zero-order valence-electron chi connectivity index (χ0n) is 14.0. The van der Waals surface area contributed by atoms with E-state index >= 15 is 0 Å². The molecule has 3 rings (SSSR count). The van der Waals surface area contributed by atoms with Gasteiger partial charge in [0.2, 0.25) is 0 Å². The van der Waals surface area contributed by atoms with E-state index in [1.165, 1.54) is 0 Å². The second kappa shape index (κ2) is 7.73. The molecule has 2 heterocycles. The maximum absolute atomic E-state index is 5.43. The largest absolute Gasteiger partial charge is 0.379 e. The molecular weight excluding hydrogens is 288 g/mol. The van der Waals surface area contributed by atoms with Crippen LogP contribution in [-0.4, -0.2) is 65.7 Å². The van der Waals surface area contributed by atoms with Crippen LogP contribution in [0.1, 0.15) is 12.6 Å². The summed E-state index contributed by atoms with van der Waals surface area (Å²) in [6, 6.07) is 10.8. The van der Waals surface area contributed by atoms with Crippen molar-refractivity contribution in [2.24, 2.45) is 0 Å². The van der Waals surface area contributed by atoms with Crippen molar-refractivity contribution in [1.82, 2.24) is 19.8 Å². The fourth-order valence-electron chi connectivity index (χ4n) is 3.12. The van der Waals surface area contributed by atoms with Gasteiger partial charge >= 0.3 is 0 Å². The number of aromatic nitrogens is 2. The van der Waals surface area contributed by atoms with Crippen LogP contribution in [0, 0.1) is 0 Å². The molecule has 0 spiro atoms. The Labute approximate surface area is 138 Å². The Kier molecular flexibility index (Phi) is 5.43. The molecule has 23 heavy (non-hydrogen) atoms. The predicted molar refractivity (Wildman–Crippen MR) is 92.2 cm³/mol. The van der Waals surface area contributed by atoms with Crippen molar-refractivity contribution in [3.8, 4) is 11.4 Å². The van der Waals surface area contributed by atoms with Crippen LogP contribution >= 0.6 is 0 Å². The van der Waals surface area contributed by atoms with Crippen LogP contribution in [0.25, 0.3) is 11.4 Å². The number of aromatic amines is 1. The first kappa shape index (κ1) is 16.2. The van der Waals surface area contributed by atoms with Gasteiger partial charge in [-0.15, -0.1) is 0 Å². The molecule has 1 aliphatic rings. The summed E-state index contributed by atoms with van der Waals surface area (Å²) >= 11 is 0. The van der Waals surface area contributed by atoms with Gasteiger partial charge in [-0.3, -0.25) is 9.80 Å². The van der Waals surface area contributed by atoms with Gasteiger partial charge in [0.15, 0.2) is 0 Å². The van der Waals surface area contributed by atoms with Crippen LogP contribution in [0.4, 0.5) is 0 Å². The van der Waals surface area contributed by atoms with Gasteiger partial charge < -0.3 is 9.72 Å². The van der Waals surface area contributed by atoms with Crippen molar-refractivity contribution in [2.45, 2.75) is 19.5 Å². The highest BCUT2D eigenvalue weighted by Gasteiger charge is 2.18. The predicted octanol–water partition coefficient (Wildman–Crippen LogP) is 2.23. The number of nitrogens with one attached hydrogen (secondary N) is 1. The van der Waals surface area contributed by atoms with E-state index in [-0.39, 0.29) is 0 Å². The smallest absolute Gasteiger partial charge is 0.137 e. The monoisotopic (exact) mass is 314 g/mol. The minimum absolute atomic E-state index is 0.542. The number of hydrogen-bond donors (Lipinski definition) is 1. The summed E-state index contributed by atoms with van der Waals surface area (Å²) in [6.07, 6.45) is 1.94. The summed E-state index contributed by atoms with van der Waals surface area (Å²) in [5, 5.41) is 0. The van der Waals surface area contributed by atoms with Gasteiger partial charge in [0.1, 0.15) is 5.82 Å². The first-order valence-electron chi connectivity index (χ1n) is 8.32. The lowest BCUT2D eigenvalue weighted by Crippen LogP contribution is -2.46. The first-order chi connectivity index (χ1) is 11.2. The van der Waals surface area contributed by atoms with E-state index in [1.54, 1.807) is 0 Å². The van der Waals surface area contributed by atoms with Gasteiger partial charge in [-0.1, -0.05) is 30.3 Å². The van der Waals surface area contributed by atoms with Crippen molar-refractivity contribution in [3.63, 3.8) is 0 Å². The first-order valence-corrected chi connectivity index (χ1v) is 8.32. The fraction of sp³-hybridized carbons (Fsp3) is 0.500. The van der Waals surface area contributed by atoms with Gasteiger partial charge in [0.25, 0.3) is 0 Å². The molecule has 1 fully saturated rings. The molecule has 0 aliphatic carbocycles. The molecule has 0 unspecified atom stereocenters. The standard InChI is InChI=1S/C18H26N4O/c1-15(22-8-10-23-11-9-22)13-21(2)14-17-12-19-18(20-17)16-6-4-3-5-7-16/h3-7,12,15H,8-11,13-14H2,1-2H3,(H,19,20)/t15-/m1/s1. The normalized spacial score (nSPS) is 17.5. The minimum atomic E-state index is 0.542. The molecule has 1 aromatic heterocycles. The molecule has 1 aliphatic heterocycles. The topological polar surface area (TPSA) is 44.4 Å². The maximum Gasteiger partial charge on any atom is 0.137 e. The molecule has 1 aromatic carbocycles. The second-order valence-electron chi connectivity index (χ2n) is 6.32. The van der Waals surface area contributed by atoms with E-state index in [4.69, 9.17) is 4.74 Å². The quantitative estimate of drug-likeness (QED) is 0.888. The van der Waals surface area contributed by atoms with Crippen LogP contribution < -0.4 is 0 Å². The van der Waals surface area contributed by atoms with E-state index in [0.29, 0.717) is 6.04 Å². The SMILES string of the molecule is C[C@H](CN(C)Cc1cnc(-c2ccccc2)[nH]1)N1CCOCC1. The maximum atomic E-state index is 5.43. The zero-order chi connectivity index (χ0) is 16.1. The lowest BCUT2D eigenvalue weighted by Gasteiger charge is -2.34. The number of morpholine rings is 1. The Morgan fingerprint density at radius 1 is 1.26 bits per heavy atom. The van der Waals surface area contributed by atoms with Gasteiger partial charge in [0, 0.05) is 49.7 Å². The third kappa shape index (κ3) is 4.41. The summed E-state index contributed by atoms with van der Waals surface area (Å²) in [5.74, 6) is 0.940. The molecule has 2 aromatic rings. The molecule has 1 N–H and O–H groups in total. The lowest BCUT2D eigenvalue weighted by atomic mass is 10.2. The van der Waals surface area contributed by atoms with E-state index in [9.17, 15) is 0 Å². The third-order valence-corrected chi connectivity index (χ3v) is 4.36. The summed E-state index contributed by atoms with van der Waals surface area (Å²) in [4.78, 5) is 12.8. The van der Waals surface area contributed by atoms with Crippen molar-refractivity contribution in [3.05, 3.63) is 42.2 Å². The average molecular weight is 314 g/mol. The Balaban J connectivity index is 1.53. The minimum Gasteiger partial charge on any atom is -0.379 e. The van der Waals surface area contributed by atoms with Gasteiger partial charge in [-0.05, 0) is 14.0 Å². The fourth-order valence-corrected chi connectivity index (χ4v) is 3.12. The Bertz CT molecular complexity index is 592. The van der Waals surface area contributed by atoms with Crippen LogP contribution in [0.5, 0.6) is 0 Å². The van der Waals surface area contributed by atoms with Gasteiger partial charge in [0.05, 0.1) is 13.2 Å². The van der Waals surface area contributed by atoms with Gasteiger partial charge in [-0.2, -0.15) is 0 Å². The molecule has 1 saturated heterocycles. The van der Waals surface area contributed by atoms with Crippen LogP contribution in [0.3, 0.4) is 0 Å². The summed E-state index contributed by atoms with van der Waals surface area (Å²) in [5.41, 5.74) is 2.28. The van der Waals surface area contributed by atoms with E-state index in [2.05, 4.69) is 45.9 Å². The molecule has 5 heteroatoms. The lowest BCUT2D eigenvalue weighted by molar-refractivity contribution is 0.0136. The van der Waals surface area contributed by atoms with Crippen molar-refractivity contribution in [1.29, 1.82) is 0 Å². The number of H-pyrrole nitrogens is 1. The van der Waals surface area contributed by atoms with E-state index in [0.717, 1.165) is 56.5 Å².